The van der Waals surface area contributed by atoms with Crippen LogP contribution in [-0.4, -0.2) is 24.6 Å². The highest BCUT2D eigenvalue weighted by Gasteiger charge is 2.26. The van der Waals surface area contributed by atoms with Gasteiger partial charge < -0.3 is 10.6 Å². The van der Waals surface area contributed by atoms with Gasteiger partial charge in [-0.25, -0.2) is 4.98 Å². The number of hydrogen-bond acceptors (Lipinski definition) is 3. The summed E-state index contributed by atoms with van der Waals surface area (Å²) in [5.41, 5.74) is 6.81. The molecular formula is C10H15N3. The Bertz CT molecular complexity index is 292. The lowest BCUT2D eigenvalue weighted by atomic mass is 10.00. The van der Waals surface area contributed by atoms with E-state index in [0.29, 0.717) is 5.92 Å². The van der Waals surface area contributed by atoms with Crippen molar-refractivity contribution in [3.63, 3.8) is 0 Å². The Kier molecular flexibility index (Phi) is 2.19. The maximum absolute atomic E-state index is 5.57. The molecule has 3 heteroatoms. The van der Waals surface area contributed by atoms with Crippen LogP contribution >= 0.6 is 0 Å². The Morgan fingerprint density at radius 2 is 2.38 bits per heavy atom. The lowest BCUT2D eigenvalue weighted by Crippen LogP contribution is -2.50. The molecule has 0 unspecified atom stereocenters. The Labute approximate surface area is 78.6 Å². The standard InChI is InChI=1S/C10H15N3/c1-8-3-2-4-12-10(8)13-6-9(5-11)7-13/h2-4,9H,5-7,11H2,1H3. The second-order valence-electron chi connectivity index (χ2n) is 3.65. The molecule has 2 heterocycles. The minimum atomic E-state index is 0.668. The molecule has 0 spiro atoms. The Hall–Kier alpha value is -1.09. The maximum atomic E-state index is 5.57. The zero-order valence-corrected chi connectivity index (χ0v) is 7.90. The van der Waals surface area contributed by atoms with Gasteiger partial charge >= 0.3 is 0 Å². The fourth-order valence-corrected chi connectivity index (χ4v) is 1.70. The lowest BCUT2D eigenvalue weighted by Gasteiger charge is -2.40. The first-order valence-electron chi connectivity index (χ1n) is 4.68. The third kappa shape index (κ3) is 1.52. The fourth-order valence-electron chi connectivity index (χ4n) is 1.70. The number of aryl methyl sites for hydroxylation is 1. The summed E-state index contributed by atoms with van der Waals surface area (Å²) < 4.78 is 0. The molecule has 1 aromatic heterocycles. The topological polar surface area (TPSA) is 42.2 Å². The maximum Gasteiger partial charge on any atom is 0.131 e. The fraction of sp³-hybridized carbons (Fsp3) is 0.500. The van der Waals surface area contributed by atoms with Gasteiger partial charge in [-0.2, -0.15) is 0 Å². The molecule has 1 aliphatic rings. The van der Waals surface area contributed by atoms with E-state index in [1.807, 2.05) is 12.3 Å². The highest BCUT2D eigenvalue weighted by atomic mass is 15.2. The largest absolute Gasteiger partial charge is 0.356 e. The van der Waals surface area contributed by atoms with Gasteiger partial charge in [0.2, 0.25) is 0 Å². The number of hydrogen-bond donors (Lipinski definition) is 1. The van der Waals surface area contributed by atoms with E-state index < -0.39 is 0 Å². The van der Waals surface area contributed by atoms with Crippen molar-refractivity contribution in [3.8, 4) is 0 Å². The summed E-state index contributed by atoms with van der Waals surface area (Å²) in [6.45, 7) is 5.02. The second-order valence-corrected chi connectivity index (χ2v) is 3.65. The summed E-state index contributed by atoms with van der Waals surface area (Å²) in [7, 11) is 0. The van der Waals surface area contributed by atoms with Crippen LogP contribution in [-0.2, 0) is 0 Å². The van der Waals surface area contributed by atoms with Crippen molar-refractivity contribution in [2.75, 3.05) is 24.5 Å². The highest BCUT2D eigenvalue weighted by molar-refractivity contribution is 5.48. The molecule has 0 amide bonds. The van der Waals surface area contributed by atoms with E-state index in [1.54, 1.807) is 0 Å². The molecule has 1 fully saturated rings. The molecule has 1 aliphatic heterocycles. The van der Waals surface area contributed by atoms with Crippen molar-refractivity contribution >= 4 is 5.82 Å². The normalized spacial score (nSPS) is 17.2. The van der Waals surface area contributed by atoms with Gasteiger partial charge in [0, 0.05) is 25.2 Å². The number of nitrogens with two attached hydrogens (primary N) is 1. The van der Waals surface area contributed by atoms with E-state index in [-0.39, 0.29) is 0 Å². The number of aromatic nitrogens is 1. The molecule has 70 valence electrons. The molecule has 1 aromatic rings. The van der Waals surface area contributed by atoms with Crippen LogP contribution < -0.4 is 10.6 Å². The Morgan fingerprint density at radius 1 is 1.62 bits per heavy atom. The zero-order valence-electron chi connectivity index (χ0n) is 7.90. The number of anilines is 1. The van der Waals surface area contributed by atoms with E-state index in [1.165, 1.54) is 5.56 Å². The third-order valence-corrected chi connectivity index (χ3v) is 2.57. The summed E-state index contributed by atoms with van der Waals surface area (Å²) in [4.78, 5) is 6.64. The summed E-state index contributed by atoms with van der Waals surface area (Å²) in [5, 5.41) is 0. The highest BCUT2D eigenvalue weighted by Crippen LogP contribution is 2.24. The van der Waals surface area contributed by atoms with Gasteiger partial charge in [-0.1, -0.05) is 6.07 Å². The SMILES string of the molecule is Cc1cccnc1N1CC(CN)C1. The van der Waals surface area contributed by atoms with Crippen molar-refractivity contribution in [2.24, 2.45) is 11.7 Å². The number of nitrogens with zero attached hydrogens (tertiary/aromatic N) is 2. The van der Waals surface area contributed by atoms with E-state index in [0.717, 1.165) is 25.5 Å². The minimum Gasteiger partial charge on any atom is -0.356 e. The van der Waals surface area contributed by atoms with E-state index in [4.69, 9.17) is 5.73 Å². The molecule has 0 aromatic carbocycles. The van der Waals surface area contributed by atoms with Gasteiger partial charge in [0.1, 0.15) is 5.82 Å². The van der Waals surface area contributed by atoms with Gasteiger partial charge in [-0.3, -0.25) is 0 Å². The van der Waals surface area contributed by atoms with Crippen LogP contribution in [0, 0.1) is 12.8 Å². The molecular weight excluding hydrogens is 162 g/mol. The van der Waals surface area contributed by atoms with E-state index in [2.05, 4.69) is 22.9 Å². The van der Waals surface area contributed by atoms with Crippen LogP contribution in [0.1, 0.15) is 5.56 Å². The number of pyridine rings is 1. The average Bonchev–Trinajstić information content (AvgIpc) is 2.06. The van der Waals surface area contributed by atoms with Crippen LogP contribution in [0.3, 0.4) is 0 Å². The molecule has 0 bridgehead atoms. The van der Waals surface area contributed by atoms with Crippen molar-refractivity contribution in [2.45, 2.75) is 6.92 Å². The molecule has 2 rings (SSSR count). The summed E-state index contributed by atoms with van der Waals surface area (Å²) in [6.07, 6.45) is 1.85. The van der Waals surface area contributed by atoms with Gasteiger partial charge in [-0.05, 0) is 25.1 Å². The zero-order chi connectivity index (χ0) is 9.26. The third-order valence-electron chi connectivity index (χ3n) is 2.57. The van der Waals surface area contributed by atoms with E-state index in [9.17, 15) is 0 Å². The molecule has 13 heavy (non-hydrogen) atoms. The molecule has 2 N–H and O–H groups in total. The molecule has 0 radical (unpaired) electrons. The Morgan fingerprint density at radius 3 is 3.00 bits per heavy atom. The smallest absolute Gasteiger partial charge is 0.131 e. The lowest BCUT2D eigenvalue weighted by molar-refractivity contribution is 0.416. The van der Waals surface area contributed by atoms with Gasteiger partial charge in [0.15, 0.2) is 0 Å². The van der Waals surface area contributed by atoms with Gasteiger partial charge in [0.25, 0.3) is 0 Å². The van der Waals surface area contributed by atoms with Crippen LogP contribution in [0.5, 0.6) is 0 Å². The monoisotopic (exact) mass is 177 g/mol. The predicted octanol–water partition coefficient (Wildman–Crippen LogP) is 0.785. The van der Waals surface area contributed by atoms with Crippen LogP contribution in [0.4, 0.5) is 5.82 Å². The molecule has 0 saturated carbocycles. The first-order chi connectivity index (χ1) is 6.31. The molecule has 0 atom stereocenters. The number of rotatable bonds is 2. The summed E-state index contributed by atoms with van der Waals surface area (Å²) in [5.74, 6) is 1.79. The summed E-state index contributed by atoms with van der Waals surface area (Å²) in [6, 6.07) is 4.07. The van der Waals surface area contributed by atoms with Crippen molar-refractivity contribution in [1.29, 1.82) is 0 Å². The van der Waals surface area contributed by atoms with Crippen molar-refractivity contribution in [1.82, 2.24) is 4.98 Å². The molecule has 3 nitrogen and oxygen atoms in total. The molecule has 0 aliphatic carbocycles. The predicted molar refractivity (Wildman–Crippen MR) is 53.7 cm³/mol. The minimum absolute atomic E-state index is 0.668. The average molecular weight is 177 g/mol. The van der Waals surface area contributed by atoms with Crippen LogP contribution in [0.2, 0.25) is 0 Å². The van der Waals surface area contributed by atoms with Gasteiger partial charge in [0.05, 0.1) is 0 Å². The first-order valence-corrected chi connectivity index (χ1v) is 4.68. The first kappa shape index (κ1) is 8.51. The molecule has 1 saturated heterocycles. The Balaban J connectivity index is 2.07. The van der Waals surface area contributed by atoms with Crippen molar-refractivity contribution in [3.05, 3.63) is 23.9 Å². The van der Waals surface area contributed by atoms with Crippen LogP contribution in [0.25, 0.3) is 0 Å². The summed E-state index contributed by atoms with van der Waals surface area (Å²) >= 11 is 0. The second kappa shape index (κ2) is 3.34. The van der Waals surface area contributed by atoms with Crippen LogP contribution in [0.15, 0.2) is 18.3 Å². The van der Waals surface area contributed by atoms with E-state index >= 15 is 0 Å². The van der Waals surface area contributed by atoms with Gasteiger partial charge in [-0.15, -0.1) is 0 Å². The van der Waals surface area contributed by atoms with Crippen molar-refractivity contribution < 1.29 is 0 Å². The quantitative estimate of drug-likeness (QED) is 0.726.